The molecule has 0 spiro atoms. The first-order valence-electron chi connectivity index (χ1n) is 11.0. The van der Waals surface area contributed by atoms with Gasteiger partial charge in [0.2, 0.25) is 11.8 Å². The SMILES string of the molecule is O=C(C[C@@]1(COc2cccc(Cl)c2)CCCN(C(=O)CC2CC2)C1)N1CCOCC1. The van der Waals surface area contributed by atoms with Gasteiger partial charge in [-0.1, -0.05) is 17.7 Å². The maximum absolute atomic E-state index is 13.1. The Morgan fingerprint density at radius 3 is 2.67 bits per heavy atom. The van der Waals surface area contributed by atoms with Gasteiger partial charge >= 0.3 is 0 Å². The monoisotopic (exact) mass is 434 g/mol. The minimum atomic E-state index is -0.380. The quantitative estimate of drug-likeness (QED) is 0.660. The van der Waals surface area contributed by atoms with E-state index in [9.17, 15) is 9.59 Å². The lowest BCUT2D eigenvalue weighted by molar-refractivity contribution is -0.144. The number of halogens is 1. The van der Waals surface area contributed by atoms with E-state index in [0.29, 0.717) is 69.0 Å². The van der Waals surface area contributed by atoms with Gasteiger partial charge in [-0.3, -0.25) is 9.59 Å². The van der Waals surface area contributed by atoms with Crippen molar-refractivity contribution in [2.75, 3.05) is 46.0 Å². The normalized spacial score (nSPS) is 24.6. The molecule has 0 aromatic heterocycles. The third-order valence-electron chi connectivity index (χ3n) is 6.41. The lowest BCUT2D eigenvalue weighted by Crippen LogP contribution is -2.52. The summed E-state index contributed by atoms with van der Waals surface area (Å²) in [6.45, 7) is 4.19. The van der Waals surface area contributed by atoms with Crippen LogP contribution in [0.1, 0.15) is 38.5 Å². The van der Waals surface area contributed by atoms with Crippen molar-refractivity contribution < 1.29 is 19.1 Å². The minimum absolute atomic E-state index is 0.129. The first-order chi connectivity index (χ1) is 14.5. The van der Waals surface area contributed by atoms with Crippen LogP contribution in [0.15, 0.2) is 24.3 Å². The van der Waals surface area contributed by atoms with Gasteiger partial charge in [-0.15, -0.1) is 0 Å². The highest BCUT2D eigenvalue weighted by molar-refractivity contribution is 6.30. The van der Waals surface area contributed by atoms with Crippen molar-refractivity contribution in [3.05, 3.63) is 29.3 Å². The van der Waals surface area contributed by atoms with Crippen molar-refractivity contribution in [1.82, 2.24) is 9.80 Å². The minimum Gasteiger partial charge on any atom is -0.493 e. The van der Waals surface area contributed by atoms with Crippen LogP contribution in [-0.4, -0.2) is 67.6 Å². The molecular weight excluding hydrogens is 404 g/mol. The number of ether oxygens (including phenoxy) is 2. The van der Waals surface area contributed by atoms with E-state index in [0.717, 1.165) is 32.2 Å². The number of morpholine rings is 1. The summed E-state index contributed by atoms with van der Waals surface area (Å²) < 4.78 is 11.5. The van der Waals surface area contributed by atoms with Gasteiger partial charge < -0.3 is 19.3 Å². The molecule has 164 valence electrons. The predicted octanol–water partition coefficient (Wildman–Crippen LogP) is 3.38. The summed E-state index contributed by atoms with van der Waals surface area (Å²) in [5, 5.41) is 0.621. The smallest absolute Gasteiger partial charge is 0.223 e. The largest absolute Gasteiger partial charge is 0.493 e. The summed E-state index contributed by atoms with van der Waals surface area (Å²) in [5.74, 6) is 1.61. The first-order valence-corrected chi connectivity index (χ1v) is 11.4. The number of amides is 2. The molecule has 30 heavy (non-hydrogen) atoms. The second-order valence-corrected chi connectivity index (χ2v) is 9.42. The highest BCUT2D eigenvalue weighted by atomic mass is 35.5. The number of piperidine rings is 1. The zero-order chi connectivity index (χ0) is 21.0. The number of likely N-dealkylation sites (tertiary alicyclic amines) is 1. The molecule has 4 rings (SSSR count). The van der Waals surface area contributed by atoms with Crippen LogP contribution in [0.2, 0.25) is 5.02 Å². The van der Waals surface area contributed by atoms with E-state index >= 15 is 0 Å². The molecule has 0 unspecified atom stereocenters. The summed E-state index contributed by atoms with van der Waals surface area (Å²) in [4.78, 5) is 29.7. The molecule has 1 aromatic carbocycles. The van der Waals surface area contributed by atoms with Crippen molar-refractivity contribution in [3.63, 3.8) is 0 Å². The number of hydrogen-bond acceptors (Lipinski definition) is 4. The summed E-state index contributed by atoms with van der Waals surface area (Å²) in [6.07, 6.45) is 5.13. The summed E-state index contributed by atoms with van der Waals surface area (Å²) in [5.41, 5.74) is -0.380. The van der Waals surface area contributed by atoms with E-state index in [4.69, 9.17) is 21.1 Å². The lowest BCUT2D eigenvalue weighted by atomic mass is 9.77. The van der Waals surface area contributed by atoms with Gasteiger partial charge in [-0.25, -0.2) is 0 Å². The molecule has 1 aliphatic carbocycles. The first kappa shape index (κ1) is 21.4. The average molecular weight is 435 g/mol. The van der Waals surface area contributed by atoms with Crippen molar-refractivity contribution in [2.24, 2.45) is 11.3 Å². The van der Waals surface area contributed by atoms with E-state index in [1.807, 2.05) is 28.0 Å². The van der Waals surface area contributed by atoms with Gasteiger partial charge in [0.05, 0.1) is 19.8 Å². The Morgan fingerprint density at radius 1 is 1.13 bits per heavy atom. The van der Waals surface area contributed by atoms with Crippen LogP contribution in [-0.2, 0) is 14.3 Å². The molecule has 1 saturated carbocycles. The molecule has 0 bridgehead atoms. The molecule has 0 N–H and O–H groups in total. The van der Waals surface area contributed by atoms with Gasteiger partial charge in [0.25, 0.3) is 0 Å². The standard InChI is InChI=1S/C23H31ClN2O4/c24-19-3-1-4-20(14-19)30-17-23(15-22(28)25-9-11-29-12-10-25)7-2-8-26(16-23)21(27)13-18-5-6-18/h1,3-4,14,18H,2,5-13,15-17H2/t23-/m0/s1. The molecule has 2 heterocycles. The highest BCUT2D eigenvalue weighted by Gasteiger charge is 2.41. The predicted molar refractivity (Wildman–Crippen MR) is 115 cm³/mol. The maximum Gasteiger partial charge on any atom is 0.223 e. The number of hydrogen-bond donors (Lipinski definition) is 0. The van der Waals surface area contributed by atoms with E-state index < -0.39 is 0 Å². The van der Waals surface area contributed by atoms with Crippen LogP contribution >= 0.6 is 11.6 Å². The summed E-state index contributed by atoms with van der Waals surface area (Å²) >= 11 is 6.10. The maximum atomic E-state index is 13.1. The number of carbonyl (C=O) groups excluding carboxylic acids is 2. The van der Waals surface area contributed by atoms with Gasteiger partial charge in [-0.2, -0.15) is 0 Å². The highest BCUT2D eigenvalue weighted by Crippen LogP contribution is 2.38. The van der Waals surface area contributed by atoms with Crippen LogP contribution in [0.5, 0.6) is 5.75 Å². The van der Waals surface area contributed by atoms with E-state index in [-0.39, 0.29) is 17.2 Å². The fourth-order valence-corrected chi connectivity index (χ4v) is 4.65. The van der Waals surface area contributed by atoms with Crippen LogP contribution in [0.4, 0.5) is 0 Å². The second kappa shape index (κ2) is 9.56. The number of rotatable bonds is 7. The Hall–Kier alpha value is -1.79. The topological polar surface area (TPSA) is 59.1 Å². The Bertz CT molecular complexity index is 763. The van der Waals surface area contributed by atoms with Crippen LogP contribution in [0.3, 0.4) is 0 Å². The molecule has 6 nitrogen and oxygen atoms in total. The van der Waals surface area contributed by atoms with Gasteiger partial charge in [-0.05, 0) is 49.8 Å². The van der Waals surface area contributed by atoms with Crippen molar-refractivity contribution >= 4 is 23.4 Å². The van der Waals surface area contributed by atoms with Crippen LogP contribution in [0.25, 0.3) is 0 Å². The Kier molecular flexibility index (Phi) is 6.84. The average Bonchev–Trinajstić information content (AvgIpc) is 3.57. The lowest BCUT2D eigenvalue weighted by Gasteiger charge is -2.43. The van der Waals surface area contributed by atoms with E-state index in [1.165, 1.54) is 0 Å². The summed E-state index contributed by atoms with van der Waals surface area (Å²) in [7, 11) is 0. The van der Waals surface area contributed by atoms with E-state index in [2.05, 4.69) is 0 Å². The third kappa shape index (κ3) is 5.67. The summed E-state index contributed by atoms with van der Waals surface area (Å²) in [6, 6.07) is 7.33. The number of nitrogens with zero attached hydrogens (tertiary/aromatic N) is 2. The molecule has 2 saturated heterocycles. The van der Waals surface area contributed by atoms with E-state index in [1.54, 1.807) is 6.07 Å². The van der Waals surface area contributed by atoms with Gasteiger partial charge in [0, 0.05) is 49.5 Å². The molecule has 7 heteroatoms. The van der Waals surface area contributed by atoms with Crippen molar-refractivity contribution in [2.45, 2.75) is 38.5 Å². The van der Waals surface area contributed by atoms with Crippen molar-refractivity contribution in [1.29, 1.82) is 0 Å². The molecule has 1 aromatic rings. The molecule has 1 atom stereocenters. The second-order valence-electron chi connectivity index (χ2n) is 8.98. The van der Waals surface area contributed by atoms with Crippen LogP contribution in [0, 0.1) is 11.3 Å². The molecule has 0 radical (unpaired) electrons. The van der Waals surface area contributed by atoms with Gasteiger partial charge in [0.1, 0.15) is 5.75 Å². The Morgan fingerprint density at radius 2 is 1.93 bits per heavy atom. The molecule has 3 aliphatic rings. The fourth-order valence-electron chi connectivity index (χ4n) is 4.47. The Labute approximate surface area is 183 Å². The van der Waals surface area contributed by atoms with Gasteiger partial charge in [0.15, 0.2) is 0 Å². The zero-order valence-corrected chi connectivity index (χ0v) is 18.2. The number of carbonyl (C=O) groups is 2. The Balaban J connectivity index is 1.47. The molecular formula is C23H31ClN2O4. The fraction of sp³-hybridized carbons (Fsp3) is 0.652. The molecule has 2 amide bonds. The van der Waals surface area contributed by atoms with Crippen molar-refractivity contribution in [3.8, 4) is 5.75 Å². The third-order valence-corrected chi connectivity index (χ3v) is 6.64. The molecule has 2 aliphatic heterocycles. The zero-order valence-electron chi connectivity index (χ0n) is 17.5. The van der Waals surface area contributed by atoms with Crippen LogP contribution < -0.4 is 4.74 Å². The molecule has 3 fully saturated rings. The number of benzene rings is 1.